The quantitative estimate of drug-likeness (QED) is 0.698. The van der Waals surface area contributed by atoms with Crippen LogP contribution in [0.2, 0.25) is 0 Å². The third-order valence-electron chi connectivity index (χ3n) is 2.53. The maximum atomic E-state index is 11.8. The van der Waals surface area contributed by atoms with Crippen LogP contribution in [0.5, 0.6) is 0 Å². The van der Waals surface area contributed by atoms with Gasteiger partial charge in [-0.05, 0) is 33.6 Å². The molecule has 1 aliphatic heterocycles. The Balaban J connectivity index is 2.60. The van der Waals surface area contributed by atoms with Gasteiger partial charge in [-0.3, -0.25) is 0 Å². The number of piperidine rings is 1. The molecule has 2 N–H and O–H groups in total. The number of nitrogens with zero attached hydrogens (tertiary/aromatic N) is 1. The van der Waals surface area contributed by atoms with Gasteiger partial charge in [0.25, 0.3) is 0 Å². The number of aliphatic hydroxyl groups is 2. The van der Waals surface area contributed by atoms with Gasteiger partial charge in [-0.2, -0.15) is 0 Å². The minimum Gasteiger partial charge on any atom is -0.444 e. The lowest BCUT2D eigenvalue weighted by molar-refractivity contribution is -0.0184. The number of ether oxygens (including phenoxy) is 1. The fraction of sp³-hybridized carbons (Fsp3) is 0.909. The average molecular weight is 231 g/mol. The van der Waals surface area contributed by atoms with Crippen LogP contribution in [0, 0.1) is 0 Å². The third kappa shape index (κ3) is 3.64. The minimum absolute atomic E-state index is 0.143. The highest BCUT2D eigenvalue weighted by atomic mass is 16.6. The summed E-state index contributed by atoms with van der Waals surface area (Å²) in [6.45, 7) is 5.70. The van der Waals surface area contributed by atoms with E-state index in [9.17, 15) is 9.90 Å². The third-order valence-corrected chi connectivity index (χ3v) is 2.53. The highest BCUT2D eigenvalue weighted by molar-refractivity contribution is 5.68. The number of aliphatic hydroxyl groups excluding tert-OH is 2. The number of hydrogen-bond donors (Lipinski definition) is 2. The molecule has 16 heavy (non-hydrogen) atoms. The van der Waals surface area contributed by atoms with E-state index in [0.717, 1.165) is 0 Å². The first-order valence-electron chi connectivity index (χ1n) is 5.62. The standard InChI is InChI=1S/C11H21NO4/c1-11(2,3)16-10(15)12-5-4-9(14)6-8(12)7-13/h8-9,13-14H,4-7H2,1-3H3. The van der Waals surface area contributed by atoms with Crippen LogP contribution >= 0.6 is 0 Å². The van der Waals surface area contributed by atoms with Crippen molar-refractivity contribution in [3.05, 3.63) is 0 Å². The number of amides is 1. The average Bonchev–Trinajstić information content (AvgIpc) is 2.14. The zero-order chi connectivity index (χ0) is 12.3. The molecular formula is C11H21NO4. The molecule has 1 amide bonds. The van der Waals surface area contributed by atoms with Gasteiger partial charge in [0, 0.05) is 6.54 Å². The maximum absolute atomic E-state index is 11.8. The molecule has 1 saturated heterocycles. The van der Waals surface area contributed by atoms with Crippen molar-refractivity contribution in [2.75, 3.05) is 13.2 Å². The number of rotatable bonds is 1. The Kier molecular flexibility index (Phi) is 4.15. The molecule has 0 aromatic heterocycles. The number of hydrogen-bond acceptors (Lipinski definition) is 4. The van der Waals surface area contributed by atoms with Crippen LogP contribution in [0.15, 0.2) is 0 Å². The summed E-state index contributed by atoms with van der Waals surface area (Å²) in [5.41, 5.74) is -0.535. The normalized spacial score (nSPS) is 26.7. The van der Waals surface area contributed by atoms with Crippen LogP contribution < -0.4 is 0 Å². The predicted molar refractivity (Wildman–Crippen MR) is 59.1 cm³/mol. The number of carbonyl (C=O) groups is 1. The summed E-state index contributed by atoms with van der Waals surface area (Å²) in [7, 11) is 0. The molecule has 5 nitrogen and oxygen atoms in total. The largest absolute Gasteiger partial charge is 0.444 e. The summed E-state index contributed by atoms with van der Waals surface area (Å²) in [5.74, 6) is 0. The summed E-state index contributed by atoms with van der Waals surface area (Å²) in [6, 6.07) is -0.335. The molecule has 5 heteroatoms. The van der Waals surface area contributed by atoms with Crippen LogP contribution in [-0.2, 0) is 4.74 Å². The summed E-state index contributed by atoms with van der Waals surface area (Å²) in [6.07, 6.45) is 0.0974. The number of likely N-dealkylation sites (tertiary alicyclic amines) is 1. The molecule has 1 aliphatic rings. The van der Waals surface area contributed by atoms with Crippen LogP contribution in [0.3, 0.4) is 0 Å². The van der Waals surface area contributed by atoms with E-state index in [4.69, 9.17) is 9.84 Å². The molecule has 0 saturated carbocycles. The van der Waals surface area contributed by atoms with Gasteiger partial charge in [0.15, 0.2) is 0 Å². The Bertz CT molecular complexity index is 249. The Morgan fingerprint density at radius 3 is 2.62 bits per heavy atom. The summed E-state index contributed by atoms with van der Waals surface area (Å²) in [5, 5.41) is 18.6. The molecule has 1 fully saturated rings. The van der Waals surface area contributed by atoms with Gasteiger partial charge < -0.3 is 19.8 Å². The van der Waals surface area contributed by atoms with E-state index < -0.39 is 17.8 Å². The van der Waals surface area contributed by atoms with E-state index in [0.29, 0.717) is 19.4 Å². The molecule has 1 heterocycles. The van der Waals surface area contributed by atoms with Crippen molar-refractivity contribution in [1.29, 1.82) is 0 Å². The molecule has 0 spiro atoms. The molecule has 94 valence electrons. The molecule has 0 bridgehead atoms. The van der Waals surface area contributed by atoms with Crippen LogP contribution in [0.4, 0.5) is 4.79 Å². The van der Waals surface area contributed by atoms with Crippen molar-refractivity contribution < 1.29 is 19.7 Å². The van der Waals surface area contributed by atoms with Crippen LogP contribution in [-0.4, -0.2) is 52.1 Å². The van der Waals surface area contributed by atoms with Crippen molar-refractivity contribution in [2.24, 2.45) is 0 Å². The Morgan fingerprint density at radius 1 is 1.50 bits per heavy atom. The summed E-state index contributed by atoms with van der Waals surface area (Å²) in [4.78, 5) is 13.3. The molecule has 0 aromatic rings. The Hall–Kier alpha value is -0.810. The van der Waals surface area contributed by atoms with Gasteiger partial charge in [-0.1, -0.05) is 0 Å². The van der Waals surface area contributed by atoms with Gasteiger partial charge in [0.1, 0.15) is 5.60 Å². The van der Waals surface area contributed by atoms with Crippen molar-refractivity contribution in [3.63, 3.8) is 0 Å². The van der Waals surface area contributed by atoms with Crippen molar-refractivity contribution in [2.45, 2.75) is 51.4 Å². The predicted octanol–water partition coefficient (Wildman–Crippen LogP) is 0.739. The molecular weight excluding hydrogens is 210 g/mol. The molecule has 0 aliphatic carbocycles. The van der Waals surface area contributed by atoms with Crippen molar-refractivity contribution in [3.8, 4) is 0 Å². The first-order valence-corrected chi connectivity index (χ1v) is 5.62. The van der Waals surface area contributed by atoms with Crippen LogP contribution in [0.1, 0.15) is 33.6 Å². The van der Waals surface area contributed by atoms with E-state index in [2.05, 4.69) is 0 Å². The first kappa shape index (κ1) is 13.3. The second-order valence-corrected chi connectivity index (χ2v) is 5.19. The fourth-order valence-corrected chi connectivity index (χ4v) is 1.76. The Labute approximate surface area is 96.0 Å². The van der Waals surface area contributed by atoms with E-state index >= 15 is 0 Å². The molecule has 0 radical (unpaired) electrons. The monoisotopic (exact) mass is 231 g/mol. The highest BCUT2D eigenvalue weighted by Gasteiger charge is 2.32. The highest BCUT2D eigenvalue weighted by Crippen LogP contribution is 2.20. The minimum atomic E-state index is -0.535. The van der Waals surface area contributed by atoms with Gasteiger partial charge >= 0.3 is 6.09 Å². The lowest BCUT2D eigenvalue weighted by Crippen LogP contribution is -2.50. The molecule has 1 rings (SSSR count). The van der Waals surface area contributed by atoms with Gasteiger partial charge in [-0.25, -0.2) is 4.79 Å². The Morgan fingerprint density at radius 2 is 2.12 bits per heavy atom. The van der Waals surface area contributed by atoms with E-state index in [1.807, 2.05) is 0 Å². The van der Waals surface area contributed by atoms with Crippen molar-refractivity contribution in [1.82, 2.24) is 4.90 Å². The summed E-state index contributed by atoms with van der Waals surface area (Å²) < 4.78 is 5.24. The zero-order valence-electron chi connectivity index (χ0n) is 10.1. The second kappa shape index (κ2) is 5.01. The van der Waals surface area contributed by atoms with Gasteiger partial charge in [0.05, 0.1) is 18.8 Å². The molecule has 0 aromatic carbocycles. The maximum Gasteiger partial charge on any atom is 0.410 e. The lowest BCUT2D eigenvalue weighted by Gasteiger charge is -2.37. The lowest BCUT2D eigenvalue weighted by atomic mass is 10.0. The zero-order valence-corrected chi connectivity index (χ0v) is 10.1. The summed E-state index contributed by atoms with van der Waals surface area (Å²) >= 11 is 0. The topological polar surface area (TPSA) is 70.0 Å². The van der Waals surface area contributed by atoms with E-state index in [1.54, 1.807) is 20.8 Å². The molecule has 2 unspecified atom stereocenters. The van der Waals surface area contributed by atoms with Crippen LogP contribution in [0.25, 0.3) is 0 Å². The first-order chi connectivity index (χ1) is 7.33. The van der Waals surface area contributed by atoms with Crippen molar-refractivity contribution >= 4 is 6.09 Å². The van der Waals surface area contributed by atoms with E-state index in [1.165, 1.54) is 4.90 Å². The number of carbonyl (C=O) groups excluding carboxylic acids is 1. The van der Waals surface area contributed by atoms with Gasteiger partial charge in [0.2, 0.25) is 0 Å². The molecule has 2 atom stereocenters. The van der Waals surface area contributed by atoms with Gasteiger partial charge in [-0.15, -0.1) is 0 Å². The second-order valence-electron chi connectivity index (χ2n) is 5.19. The smallest absolute Gasteiger partial charge is 0.410 e. The van der Waals surface area contributed by atoms with E-state index in [-0.39, 0.29) is 12.6 Å². The SMILES string of the molecule is CC(C)(C)OC(=O)N1CCC(O)CC1CO. The fourth-order valence-electron chi connectivity index (χ4n) is 1.76.